The van der Waals surface area contributed by atoms with Crippen molar-refractivity contribution < 1.29 is 4.79 Å². The lowest BCUT2D eigenvalue weighted by molar-refractivity contribution is -0.130. The second-order valence-corrected chi connectivity index (χ2v) is 10.8. The molecule has 1 atom stereocenters. The van der Waals surface area contributed by atoms with Crippen molar-refractivity contribution in [2.45, 2.75) is 32.5 Å². The number of fused-ring (bicyclic) bond motifs is 1. The second-order valence-electron chi connectivity index (χ2n) is 10.0. The number of anilines is 2. The Hall–Kier alpha value is -3.14. The minimum absolute atomic E-state index is 0.0155. The Morgan fingerprint density at radius 1 is 1.08 bits per heavy atom. The molecular formula is C28H34Cl2N8O. The number of nitrogens with one attached hydrogen (secondary N) is 1. The van der Waals surface area contributed by atoms with Crippen molar-refractivity contribution in [1.29, 1.82) is 0 Å². The van der Waals surface area contributed by atoms with Crippen molar-refractivity contribution in [3.05, 3.63) is 75.8 Å². The molecule has 11 heteroatoms. The van der Waals surface area contributed by atoms with Crippen LogP contribution in [0.3, 0.4) is 0 Å². The third-order valence-corrected chi connectivity index (χ3v) is 7.97. The number of carbonyl (C=O) groups is 1. The molecule has 1 N–H and O–H groups in total. The molecule has 9 nitrogen and oxygen atoms in total. The minimum atomic E-state index is -0.0155. The van der Waals surface area contributed by atoms with Gasteiger partial charge in [-0.25, -0.2) is 0 Å². The fourth-order valence-electron chi connectivity index (χ4n) is 5.24. The van der Waals surface area contributed by atoms with E-state index in [2.05, 4.69) is 57.3 Å². The van der Waals surface area contributed by atoms with E-state index in [1.807, 2.05) is 15.7 Å². The van der Waals surface area contributed by atoms with E-state index in [-0.39, 0.29) is 18.5 Å². The van der Waals surface area contributed by atoms with Gasteiger partial charge < -0.3 is 19.3 Å². The molecule has 0 bridgehead atoms. The molecule has 2 aromatic heterocycles. The van der Waals surface area contributed by atoms with Crippen molar-refractivity contribution in [3.63, 3.8) is 0 Å². The molecule has 1 saturated heterocycles. The van der Waals surface area contributed by atoms with Gasteiger partial charge in [0.05, 0.1) is 41.2 Å². The quantitative estimate of drug-likeness (QED) is 0.469. The van der Waals surface area contributed by atoms with Gasteiger partial charge in [-0.1, -0.05) is 35.3 Å². The number of halogens is 2. The maximum Gasteiger partial charge on any atom is 0.236 e. The van der Waals surface area contributed by atoms with Crippen molar-refractivity contribution >= 4 is 40.5 Å². The number of pyridine rings is 1. The van der Waals surface area contributed by atoms with Gasteiger partial charge in [-0.15, -0.1) is 0 Å². The van der Waals surface area contributed by atoms with Gasteiger partial charge >= 0.3 is 0 Å². The van der Waals surface area contributed by atoms with Gasteiger partial charge in [0.1, 0.15) is 5.49 Å². The smallest absolute Gasteiger partial charge is 0.236 e. The van der Waals surface area contributed by atoms with Crippen LogP contribution in [0.4, 0.5) is 11.4 Å². The van der Waals surface area contributed by atoms with Crippen LogP contribution in [0.5, 0.6) is 0 Å². The fourth-order valence-corrected chi connectivity index (χ4v) is 5.84. The van der Waals surface area contributed by atoms with Crippen molar-refractivity contribution in [1.82, 2.24) is 24.8 Å². The monoisotopic (exact) mass is 568 g/mol. The minimum Gasteiger partial charge on any atom is -0.374 e. The highest BCUT2D eigenvalue weighted by atomic mass is 35.5. The average molecular weight is 570 g/mol. The van der Waals surface area contributed by atoms with Crippen LogP contribution in [0.2, 0.25) is 10.0 Å². The zero-order chi connectivity index (χ0) is 27.4. The summed E-state index contributed by atoms with van der Waals surface area (Å²) in [5.74, 6) is 0.0575. The molecule has 3 aromatic rings. The zero-order valence-corrected chi connectivity index (χ0v) is 23.9. The molecule has 39 heavy (non-hydrogen) atoms. The van der Waals surface area contributed by atoms with E-state index >= 15 is 0 Å². The summed E-state index contributed by atoms with van der Waals surface area (Å²) in [6.45, 7) is 6.43. The van der Waals surface area contributed by atoms with E-state index in [0.29, 0.717) is 42.9 Å². The molecule has 0 radical (unpaired) electrons. The van der Waals surface area contributed by atoms with Gasteiger partial charge in [-0.2, -0.15) is 0 Å². The van der Waals surface area contributed by atoms with Crippen LogP contribution in [-0.4, -0.2) is 71.7 Å². The third kappa shape index (κ3) is 6.37. The van der Waals surface area contributed by atoms with Crippen molar-refractivity contribution in [3.8, 4) is 0 Å². The maximum atomic E-state index is 12.9. The molecule has 2 aliphatic rings. The van der Waals surface area contributed by atoms with Crippen LogP contribution in [0, 0.1) is 0 Å². The first-order valence-corrected chi connectivity index (χ1v) is 14.1. The summed E-state index contributed by atoms with van der Waals surface area (Å²) in [7, 11) is 2.15. The number of aryl methyl sites for hydroxylation is 1. The summed E-state index contributed by atoms with van der Waals surface area (Å²) in [5, 5.41) is 4.32. The van der Waals surface area contributed by atoms with Gasteiger partial charge in [0.15, 0.2) is 0 Å². The van der Waals surface area contributed by atoms with Gasteiger partial charge in [-0.3, -0.25) is 25.1 Å². The Balaban J connectivity index is 1.17. The molecule has 1 aromatic carbocycles. The van der Waals surface area contributed by atoms with Crippen LogP contribution in [0.15, 0.2) is 54.2 Å². The highest BCUT2D eigenvalue weighted by Crippen LogP contribution is 2.33. The van der Waals surface area contributed by atoms with Crippen molar-refractivity contribution in [2.24, 2.45) is 4.99 Å². The Labute approximate surface area is 239 Å². The molecule has 1 unspecified atom stereocenters. The lowest BCUT2D eigenvalue weighted by atomic mass is 9.97. The summed E-state index contributed by atoms with van der Waals surface area (Å²) >= 11 is 12.6. The van der Waals surface area contributed by atoms with Crippen LogP contribution in [0.1, 0.15) is 30.5 Å². The van der Waals surface area contributed by atoms with Gasteiger partial charge in [0, 0.05) is 70.2 Å². The second kappa shape index (κ2) is 12.4. The highest BCUT2D eigenvalue weighted by Gasteiger charge is 2.24. The number of carbonyl (C=O) groups excluding carboxylic acids is 1. The molecule has 1 amide bonds. The number of hydrogen-bond acceptors (Lipinski definition) is 7. The summed E-state index contributed by atoms with van der Waals surface area (Å²) < 4.78 is 1.98. The number of benzene rings is 1. The topological polar surface area (TPSA) is 81.9 Å². The highest BCUT2D eigenvalue weighted by molar-refractivity contribution is 6.38. The van der Waals surface area contributed by atoms with E-state index in [9.17, 15) is 4.79 Å². The SMILES string of the molecule is CC(N=c1cnccn1CNCC(=O)N1CCN(c2c(Cl)cncc2Cl)CC1)c1ccc2c(c1)CCCN2C. The number of rotatable bonds is 7. The predicted octanol–water partition coefficient (Wildman–Crippen LogP) is 3.53. The summed E-state index contributed by atoms with van der Waals surface area (Å²) in [4.78, 5) is 32.4. The van der Waals surface area contributed by atoms with Gasteiger partial charge in [-0.05, 0) is 37.0 Å². The van der Waals surface area contributed by atoms with Crippen LogP contribution in [-0.2, 0) is 17.9 Å². The fraction of sp³-hybridized carbons (Fsp3) is 0.429. The zero-order valence-electron chi connectivity index (χ0n) is 22.4. The maximum absolute atomic E-state index is 12.9. The molecule has 5 rings (SSSR count). The van der Waals surface area contributed by atoms with Crippen LogP contribution < -0.4 is 20.6 Å². The van der Waals surface area contributed by atoms with E-state index in [0.717, 1.165) is 24.1 Å². The predicted molar refractivity (Wildman–Crippen MR) is 155 cm³/mol. The lowest BCUT2D eigenvalue weighted by Gasteiger charge is -2.36. The Bertz CT molecular complexity index is 1370. The van der Waals surface area contributed by atoms with Crippen LogP contribution >= 0.6 is 23.2 Å². The summed E-state index contributed by atoms with van der Waals surface area (Å²) in [6.07, 6.45) is 10.8. The molecule has 0 aliphatic carbocycles. The number of aromatic nitrogens is 3. The first-order chi connectivity index (χ1) is 18.9. The number of piperazine rings is 1. The summed E-state index contributed by atoms with van der Waals surface area (Å²) in [6, 6.07) is 6.65. The molecule has 206 valence electrons. The average Bonchev–Trinajstić information content (AvgIpc) is 2.94. The normalized spacial score (nSPS) is 16.8. The molecular weight excluding hydrogens is 535 g/mol. The van der Waals surface area contributed by atoms with E-state index in [1.165, 1.54) is 23.2 Å². The number of nitrogens with zero attached hydrogens (tertiary/aromatic N) is 7. The first-order valence-electron chi connectivity index (χ1n) is 13.3. The molecule has 0 spiro atoms. The van der Waals surface area contributed by atoms with E-state index < -0.39 is 0 Å². The Morgan fingerprint density at radius 2 is 1.85 bits per heavy atom. The molecule has 4 heterocycles. The van der Waals surface area contributed by atoms with Crippen molar-refractivity contribution in [2.75, 3.05) is 56.1 Å². The summed E-state index contributed by atoms with van der Waals surface area (Å²) in [5.41, 5.74) is 5.43. The Kier molecular flexibility index (Phi) is 8.69. The molecule has 0 saturated carbocycles. The van der Waals surface area contributed by atoms with Gasteiger partial charge in [0.25, 0.3) is 0 Å². The van der Waals surface area contributed by atoms with Gasteiger partial charge in [0.2, 0.25) is 5.91 Å². The Morgan fingerprint density at radius 3 is 2.62 bits per heavy atom. The molecule has 2 aliphatic heterocycles. The molecule has 1 fully saturated rings. The van der Waals surface area contributed by atoms with E-state index in [4.69, 9.17) is 28.2 Å². The van der Waals surface area contributed by atoms with Crippen LogP contribution in [0.25, 0.3) is 0 Å². The lowest BCUT2D eigenvalue weighted by Crippen LogP contribution is -2.51. The van der Waals surface area contributed by atoms with E-state index in [1.54, 1.807) is 24.8 Å². The number of hydrogen-bond donors (Lipinski definition) is 1. The standard InChI is InChI=1S/C28H34Cl2N8O/c1-20(21-5-6-25-22(14-21)4-3-8-35(25)2)34-26-17-31-7-9-38(26)19-33-18-27(39)36-10-12-37(13-11-36)28-23(29)15-32-16-24(28)30/h5-7,9,14-17,20,33H,3-4,8,10-13,18-19H2,1-2H3. The first kappa shape index (κ1) is 27.4. The third-order valence-electron chi connectivity index (χ3n) is 7.41. The number of amides is 1. The largest absolute Gasteiger partial charge is 0.374 e.